The van der Waals surface area contributed by atoms with Gasteiger partial charge < -0.3 is 0 Å². The summed E-state index contributed by atoms with van der Waals surface area (Å²) in [5, 5.41) is 0. The van der Waals surface area contributed by atoms with E-state index in [0.29, 0.717) is 19.3 Å². The quantitative estimate of drug-likeness (QED) is 0.302. The van der Waals surface area contributed by atoms with Crippen LogP contribution in [0.3, 0.4) is 0 Å². The Hall–Kier alpha value is 0.980. The van der Waals surface area contributed by atoms with Crippen molar-refractivity contribution in [1.29, 1.82) is 0 Å². The normalized spacial score (nSPS) is 19.3. The van der Waals surface area contributed by atoms with Crippen LogP contribution >= 0.6 is 42.6 Å². The molecule has 0 saturated heterocycles. The molecule has 4 nitrogen and oxygen atoms in total. The molecule has 0 aromatic rings. The molecule has 0 radical (unpaired) electrons. The van der Waals surface area contributed by atoms with Gasteiger partial charge in [-0.25, -0.2) is 4.57 Å². The molecule has 0 heterocycles. The van der Waals surface area contributed by atoms with Crippen molar-refractivity contribution in [3.8, 4) is 0 Å². The molecule has 0 aliphatic heterocycles. The fraction of sp³-hybridized carbons (Fsp3) is 1.00. The van der Waals surface area contributed by atoms with Crippen LogP contribution in [-0.4, -0.2) is 16.7 Å². The maximum absolute atomic E-state index is 12.5. The maximum atomic E-state index is 12.5. The van der Waals surface area contributed by atoms with Crippen molar-refractivity contribution in [2.24, 2.45) is 0 Å². The number of phosphoric acid groups is 1. The molecule has 0 aliphatic rings. The minimum Gasteiger partial charge on any atom is -0.267 e. The first-order valence-electron chi connectivity index (χ1n) is 6.94. The molecular weight excluding hydrogens is 345 g/mol. The molecule has 3 unspecified atom stereocenters. The summed E-state index contributed by atoms with van der Waals surface area (Å²) in [4.78, 5) is 0. The van der Waals surface area contributed by atoms with Crippen LogP contribution < -0.4 is 0 Å². The highest BCUT2D eigenvalue weighted by Gasteiger charge is 2.35. The Morgan fingerprint density at radius 1 is 0.750 bits per heavy atom. The molecule has 3 atom stereocenters. The maximum Gasteiger partial charge on any atom is 0.479 e. The number of phosphoric ester groups is 1. The lowest BCUT2D eigenvalue weighted by Gasteiger charge is -2.24. The Balaban J connectivity index is 4.69. The van der Waals surface area contributed by atoms with Crippen LogP contribution in [0.2, 0.25) is 0 Å². The molecule has 0 saturated carbocycles. The molecule has 0 N–H and O–H groups in total. The average molecular weight is 370 g/mol. The molecule has 122 valence electrons. The van der Waals surface area contributed by atoms with E-state index in [9.17, 15) is 4.57 Å². The Morgan fingerprint density at radius 2 is 1.00 bits per heavy atom. The molecule has 0 bridgehead atoms. The minimum atomic E-state index is -3.87. The minimum absolute atomic E-state index is 0.528. The van der Waals surface area contributed by atoms with Crippen molar-refractivity contribution in [3.63, 3.8) is 0 Å². The van der Waals surface area contributed by atoms with Crippen molar-refractivity contribution in [2.75, 3.05) is 0 Å². The summed E-state index contributed by atoms with van der Waals surface area (Å²) in [6.07, 6.45) is 3.94. The van der Waals surface area contributed by atoms with E-state index >= 15 is 0 Å². The van der Waals surface area contributed by atoms with Crippen LogP contribution in [0.15, 0.2) is 0 Å². The second-order valence-electron chi connectivity index (χ2n) is 4.36. The molecule has 8 heteroatoms. The number of hydrogen-bond acceptors (Lipinski definition) is 4. The summed E-state index contributed by atoms with van der Waals surface area (Å²) in [6, 6.07) is 0. The van der Waals surface area contributed by atoms with E-state index < -0.39 is 24.5 Å². The molecule has 0 amide bonds. The largest absolute Gasteiger partial charge is 0.479 e. The summed E-state index contributed by atoms with van der Waals surface area (Å²) in [6.45, 7) is 5.82. The molecule has 0 aromatic heterocycles. The smallest absolute Gasteiger partial charge is 0.267 e. The van der Waals surface area contributed by atoms with E-state index in [-0.39, 0.29) is 0 Å². The zero-order valence-corrected chi connectivity index (χ0v) is 15.4. The topological polar surface area (TPSA) is 44.8 Å². The highest BCUT2D eigenvalue weighted by Crippen LogP contribution is 2.55. The summed E-state index contributed by atoms with van der Waals surface area (Å²) in [7, 11) is -3.87. The van der Waals surface area contributed by atoms with Crippen molar-refractivity contribution >= 4 is 42.6 Å². The van der Waals surface area contributed by atoms with Crippen LogP contribution in [0.1, 0.15) is 59.3 Å². The second-order valence-corrected chi connectivity index (χ2v) is 7.35. The van der Waals surface area contributed by atoms with E-state index in [0.717, 1.165) is 19.3 Å². The molecule has 0 aromatic carbocycles. The lowest BCUT2D eigenvalue weighted by molar-refractivity contribution is 0.0791. The van der Waals surface area contributed by atoms with Gasteiger partial charge in [0.2, 0.25) is 0 Å². The van der Waals surface area contributed by atoms with Gasteiger partial charge in [0.1, 0.15) is 16.7 Å². The first-order valence-corrected chi connectivity index (χ1v) is 9.71. The highest BCUT2D eigenvalue weighted by atomic mass is 35.5. The van der Waals surface area contributed by atoms with Crippen molar-refractivity contribution in [3.05, 3.63) is 0 Å². The van der Waals surface area contributed by atoms with Crippen LogP contribution in [0.5, 0.6) is 0 Å². The Bertz CT molecular complexity index is 251. The SMILES string of the molecule is CCCC(Cl)OP(=O)(OC(Cl)CCC)OC(Cl)CCC. The summed E-state index contributed by atoms with van der Waals surface area (Å²) in [5.41, 5.74) is -2.29. The Morgan fingerprint density at radius 3 is 1.20 bits per heavy atom. The van der Waals surface area contributed by atoms with Gasteiger partial charge in [-0.05, 0) is 19.3 Å². The third-order valence-corrected chi connectivity index (χ3v) is 5.11. The number of hydrogen-bond donors (Lipinski definition) is 0. The van der Waals surface area contributed by atoms with Crippen molar-refractivity contribution in [1.82, 2.24) is 0 Å². The third kappa shape index (κ3) is 9.83. The van der Waals surface area contributed by atoms with Gasteiger partial charge in [0.15, 0.2) is 0 Å². The monoisotopic (exact) mass is 368 g/mol. The molecule has 0 rings (SSSR count). The first kappa shape index (κ1) is 21.0. The van der Waals surface area contributed by atoms with Crippen LogP contribution in [0.25, 0.3) is 0 Å². The first-order chi connectivity index (χ1) is 9.36. The van der Waals surface area contributed by atoms with E-state index in [2.05, 4.69) is 0 Å². The van der Waals surface area contributed by atoms with Gasteiger partial charge in [0.05, 0.1) is 0 Å². The molecule has 0 spiro atoms. The van der Waals surface area contributed by atoms with Gasteiger partial charge in [-0.3, -0.25) is 13.6 Å². The number of alkyl halides is 3. The zero-order valence-electron chi connectivity index (χ0n) is 12.2. The fourth-order valence-electron chi connectivity index (χ4n) is 1.33. The predicted octanol–water partition coefficient (Wildman–Crippen LogP) is 6.24. The Kier molecular flexibility index (Phi) is 12.1. The van der Waals surface area contributed by atoms with Crippen LogP contribution in [-0.2, 0) is 18.1 Å². The summed E-state index contributed by atoms with van der Waals surface area (Å²) < 4.78 is 28.2. The predicted molar refractivity (Wildman–Crippen MR) is 84.5 cm³/mol. The standard InChI is InChI=1S/C12H24Cl3O4P/c1-4-7-10(13)17-20(16,18-11(14)8-5-2)19-12(15)9-6-3/h10-12H,4-9H2,1-3H3. The van der Waals surface area contributed by atoms with Crippen LogP contribution in [0.4, 0.5) is 0 Å². The van der Waals surface area contributed by atoms with E-state index in [1.165, 1.54) is 0 Å². The third-order valence-electron chi connectivity index (χ3n) is 2.28. The van der Waals surface area contributed by atoms with Gasteiger partial charge >= 0.3 is 7.82 Å². The van der Waals surface area contributed by atoms with Gasteiger partial charge in [-0.2, -0.15) is 0 Å². The van der Waals surface area contributed by atoms with Crippen molar-refractivity contribution < 1.29 is 18.1 Å². The second kappa shape index (κ2) is 11.5. The Labute approximate surface area is 137 Å². The lowest BCUT2D eigenvalue weighted by atomic mass is 10.4. The van der Waals surface area contributed by atoms with E-state index in [1.54, 1.807) is 0 Å². The summed E-state index contributed by atoms with van der Waals surface area (Å²) in [5.74, 6) is 0. The molecule has 0 aliphatic carbocycles. The zero-order chi connectivity index (χ0) is 15.6. The average Bonchev–Trinajstić information content (AvgIpc) is 2.28. The molecule has 0 fully saturated rings. The van der Waals surface area contributed by atoms with Crippen LogP contribution in [0, 0.1) is 0 Å². The van der Waals surface area contributed by atoms with Crippen molar-refractivity contribution in [2.45, 2.75) is 76.0 Å². The number of halogens is 3. The van der Waals surface area contributed by atoms with Gasteiger partial charge in [-0.1, -0.05) is 74.8 Å². The van der Waals surface area contributed by atoms with Gasteiger partial charge in [-0.15, -0.1) is 0 Å². The molecular formula is C12H24Cl3O4P. The highest BCUT2D eigenvalue weighted by molar-refractivity contribution is 7.48. The van der Waals surface area contributed by atoms with Gasteiger partial charge in [0.25, 0.3) is 0 Å². The van der Waals surface area contributed by atoms with E-state index in [1.807, 2.05) is 20.8 Å². The van der Waals surface area contributed by atoms with E-state index in [4.69, 9.17) is 48.4 Å². The number of rotatable bonds is 12. The fourth-order valence-corrected chi connectivity index (χ4v) is 4.17. The summed E-state index contributed by atoms with van der Waals surface area (Å²) >= 11 is 17.8. The van der Waals surface area contributed by atoms with Gasteiger partial charge in [0, 0.05) is 0 Å². The molecule has 20 heavy (non-hydrogen) atoms. The lowest BCUT2D eigenvalue weighted by Crippen LogP contribution is -2.14.